The highest BCUT2D eigenvalue weighted by atomic mass is 35.5. The summed E-state index contributed by atoms with van der Waals surface area (Å²) >= 11 is 12.9. The van der Waals surface area contributed by atoms with E-state index < -0.39 is 0 Å². The Labute approximate surface area is 90.1 Å². The molecule has 0 saturated heterocycles. The molecule has 3 nitrogen and oxygen atoms in total. The lowest BCUT2D eigenvalue weighted by Gasteiger charge is -2.04. The van der Waals surface area contributed by atoms with Crippen molar-refractivity contribution < 1.29 is 0 Å². The van der Waals surface area contributed by atoms with Gasteiger partial charge >= 0.3 is 0 Å². The largest absolute Gasteiger partial charge is 0.309 e. The summed E-state index contributed by atoms with van der Waals surface area (Å²) in [5.74, 6) is 0.844. The van der Waals surface area contributed by atoms with Crippen LogP contribution in [0.1, 0.15) is 0 Å². The SMILES string of the molecule is CSCCn1cc(Cl)nc(Cl)c1=O. The van der Waals surface area contributed by atoms with E-state index in [0.717, 1.165) is 5.75 Å². The van der Waals surface area contributed by atoms with Crippen LogP contribution in [0.5, 0.6) is 0 Å². The van der Waals surface area contributed by atoms with E-state index in [1.165, 1.54) is 10.8 Å². The van der Waals surface area contributed by atoms with E-state index in [9.17, 15) is 4.79 Å². The number of halogens is 2. The molecule has 1 rings (SSSR count). The Morgan fingerprint density at radius 1 is 1.62 bits per heavy atom. The van der Waals surface area contributed by atoms with Crippen molar-refractivity contribution in [1.29, 1.82) is 0 Å². The van der Waals surface area contributed by atoms with Crippen LogP contribution in [0.4, 0.5) is 0 Å². The summed E-state index contributed by atoms with van der Waals surface area (Å²) in [7, 11) is 0. The van der Waals surface area contributed by atoms with Gasteiger partial charge in [0, 0.05) is 18.5 Å². The van der Waals surface area contributed by atoms with E-state index in [0.29, 0.717) is 6.54 Å². The zero-order valence-electron chi connectivity index (χ0n) is 6.96. The predicted molar refractivity (Wildman–Crippen MR) is 56.9 cm³/mol. The Morgan fingerprint density at radius 3 is 2.92 bits per heavy atom. The van der Waals surface area contributed by atoms with E-state index in [1.54, 1.807) is 11.8 Å². The highest BCUT2D eigenvalue weighted by Gasteiger charge is 2.04. The fraction of sp³-hybridized carbons (Fsp3) is 0.429. The van der Waals surface area contributed by atoms with Crippen LogP contribution in [0.2, 0.25) is 10.3 Å². The average Bonchev–Trinajstić information content (AvgIpc) is 2.09. The van der Waals surface area contributed by atoms with Crippen LogP contribution in [0.25, 0.3) is 0 Å². The average molecular weight is 239 g/mol. The first-order valence-electron chi connectivity index (χ1n) is 3.56. The summed E-state index contributed by atoms with van der Waals surface area (Å²) in [5.41, 5.74) is -0.292. The van der Waals surface area contributed by atoms with Crippen LogP contribution in [0, 0.1) is 0 Å². The molecule has 0 N–H and O–H groups in total. The Hall–Kier alpha value is -0.190. The number of rotatable bonds is 3. The molecule has 0 aliphatic carbocycles. The lowest BCUT2D eigenvalue weighted by atomic mass is 10.6. The van der Waals surface area contributed by atoms with Crippen molar-refractivity contribution in [2.24, 2.45) is 0 Å². The summed E-state index contributed by atoms with van der Waals surface area (Å²) in [4.78, 5) is 15.0. The van der Waals surface area contributed by atoms with Gasteiger partial charge in [0.15, 0.2) is 5.15 Å². The lowest BCUT2D eigenvalue weighted by molar-refractivity contribution is 0.726. The molecule has 0 bridgehead atoms. The third-order valence-corrected chi connectivity index (χ3v) is 2.46. The van der Waals surface area contributed by atoms with Gasteiger partial charge in [0.1, 0.15) is 5.15 Å². The van der Waals surface area contributed by atoms with Crippen LogP contribution in [-0.4, -0.2) is 21.6 Å². The third-order valence-electron chi connectivity index (χ3n) is 1.44. The Kier molecular flexibility index (Phi) is 4.09. The Bertz CT molecular complexity index is 353. The van der Waals surface area contributed by atoms with Crippen LogP contribution in [-0.2, 0) is 6.54 Å². The topological polar surface area (TPSA) is 34.9 Å². The molecule has 0 aliphatic rings. The van der Waals surface area contributed by atoms with Gasteiger partial charge in [-0.3, -0.25) is 4.79 Å². The zero-order chi connectivity index (χ0) is 9.84. The number of nitrogens with zero attached hydrogens (tertiary/aromatic N) is 2. The summed E-state index contributed by atoms with van der Waals surface area (Å²) in [6.45, 7) is 0.599. The first-order valence-corrected chi connectivity index (χ1v) is 5.71. The molecule has 0 aromatic carbocycles. The van der Waals surface area contributed by atoms with E-state index in [4.69, 9.17) is 23.2 Å². The highest BCUT2D eigenvalue weighted by molar-refractivity contribution is 7.98. The molecule has 0 unspecified atom stereocenters. The van der Waals surface area contributed by atoms with Crippen molar-refractivity contribution in [3.63, 3.8) is 0 Å². The molecule has 0 spiro atoms. The summed E-state index contributed by atoms with van der Waals surface area (Å²) < 4.78 is 1.47. The number of aryl methyl sites for hydroxylation is 1. The fourth-order valence-corrected chi connectivity index (χ4v) is 1.66. The first kappa shape index (κ1) is 10.9. The molecular weight excluding hydrogens is 231 g/mol. The minimum atomic E-state index is -0.292. The lowest BCUT2D eigenvalue weighted by Crippen LogP contribution is -2.22. The Balaban J connectivity index is 2.99. The van der Waals surface area contributed by atoms with Gasteiger partial charge in [-0.2, -0.15) is 11.8 Å². The van der Waals surface area contributed by atoms with E-state index in [2.05, 4.69) is 4.98 Å². The first-order chi connectivity index (χ1) is 6.15. The van der Waals surface area contributed by atoms with Crippen molar-refractivity contribution in [2.45, 2.75) is 6.54 Å². The van der Waals surface area contributed by atoms with Gasteiger partial charge in [0.05, 0.1) is 0 Å². The number of aromatic nitrogens is 2. The molecule has 0 saturated carbocycles. The number of hydrogen-bond donors (Lipinski definition) is 0. The number of hydrogen-bond acceptors (Lipinski definition) is 3. The van der Waals surface area contributed by atoms with E-state index in [-0.39, 0.29) is 15.9 Å². The maximum absolute atomic E-state index is 11.3. The summed E-state index contributed by atoms with van der Waals surface area (Å²) in [6, 6.07) is 0. The van der Waals surface area contributed by atoms with E-state index in [1.807, 2.05) is 6.26 Å². The molecule has 13 heavy (non-hydrogen) atoms. The maximum atomic E-state index is 11.3. The fourth-order valence-electron chi connectivity index (χ4n) is 0.832. The molecule has 0 aliphatic heterocycles. The minimum absolute atomic E-state index is 0.0754. The minimum Gasteiger partial charge on any atom is -0.309 e. The third kappa shape index (κ3) is 2.90. The van der Waals surface area contributed by atoms with Crippen molar-refractivity contribution in [1.82, 2.24) is 9.55 Å². The van der Waals surface area contributed by atoms with Gasteiger partial charge in [0.25, 0.3) is 5.56 Å². The molecule has 1 aromatic heterocycles. The van der Waals surface area contributed by atoms with Crippen LogP contribution < -0.4 is 5.56 Å². The van der Waals surface area contributed by atoms with Crippen molar-refractivity contribution in [2.75, 3.05) is 12.0 Å². The molecule has 72 valence electrons. The quantitative estimate of drug-likeness (QED) is 0.808. The standard InChI is InChI=1S/C7H8Cl2N2OS/c1-13-3-2-11-4-5(8)10-6(9)7(11)12/h4H,2-3H2,1H3. The van der Waals surface area contributed by atoms with Crippen molar-refractivity contribution >= 4 is 35.0 Å². The van der Waals surface area contributed by atoms with E-state index >= 15 is 0 Å². The van der Waals surface area contributed by atoms with Crippen molar-refractivity contribution in [3.8, 4) is 0 Å². The van der Waals surface area contributed by atoms with Gasteiger partial charge in [-0.05, 0) is 6.26 Å². The van der Waals surface area contributed by atoms with Crippen LogP contribution in [0.3, 0.4) is 0 Å². The molecule has 1 aromatic rings. The van der Waals surface area contributed by atoms with Crippen LogP contribution >= 0.6 is 35.0 Å². The summed E-state index contributed by atoms with van der Waals surface area (Å²) in [5, 5.41) is 0.166. The molecule has 0 amide bonds. The second-order valence-corrected chi connectivity index (χ2v) is 4.08. The van der Waals surface area contributed by atoms with Gasteiger partial charge < -0.3 is 4.57 Å². The van der Waals surface area contributed by atoms with Gasteiger partial charge in [0.2, 0.25) is 0 Å². The molecule has 0 atom stereocenters. The normalized spacial score (nSPS) is 10.4. The predicted octanol–water partition coefficient (Wildman–Crippen LogP) is 1.91. The smallest absolute Gasteiger partial charge is 0.288 e. The van der Waals surface area contributed by atoms with Gasteiger partial charge in [-0.25, -0.2) is 4.98 Å². The molecule has 6 heteroatoms. The van der Waals surface area contributed by atoms with Crippen molar-refractivity contribution in [3.05, 3.63) is 26.9 Å². The van der Waals surface area contributed by atoms with Gasteiger partial charge in [-0.15, -0.1) is 0 Å². The van der Waals surface area contributed by atoms with Gasteiger partial charge in [-0.1, -0.05) is 23.2 Å². The van der Waals surface area contributed by atoms with Crippen LogP contribution in [0.15, 0.2) is 11.0 Å². The highest BCUT2D eigenvalue weighted by Crippen LogP contribution is 2.06. The second-order valence-electron chi connectivity index (χ2n) is 2.35. The zero-order valence-corrected chi connectivity index (χ0v) is 9.29. The monoisotopic (exact) mass is 238 g/mol. The molecule has 1 heterocycles. The molecular formula is C7H8Cl2N2OS. The molecule has 0 radical (unpaired) electrons. The summed E-state index contributed by atoms with van der Waals surface area (Å²) in [6.07, 6.45) is 3.46. The Morgan fingerprint density at radius 2 is 2.31 bits per heavy atom. The number of thioether (sulfide) groups is 1. The second kappa shape index (κ2) is 4.88. The maximum Gasteiger partial charge on any atom is 0.288 e. The molecule has 0 fully saturated rings.